The molecule has 42 heavy (non-hydrogen) atoms. The van der Waals surface area contributed by atoms with Crippen LogP contribution in [0, 0.1) is 11.3 Å². The minimum absolute atomic E-state index is 0.0532. The molecule has 3 aliphatic rings. The van der Waals surface area contributed by atoms with E-state index in [0.29, 0.717) is 28.6 Å². The summed E-state index contributed by atoms with van der Waals surface area (Å²) >= 11 is 0. The second kappa shape index (κ2) is 8.57. The number of carbonyl (C=O) groups excluding carboxylic acids is 2. The molecule has 0 aliphatic carbocycles. The van der Waals surface area contributed by atoms with Gasteiger partial charge in [0, 0.05) is 11.1 Å². The molecule has 7 rings (SSSR count). The van der Waals surface area contributed by atoms with Gasteiger partial charge in [0.15, 0.2) is 11.2 Å². The normalized spacial score (nSPS) is 21.5. The molecule has 3 aromatic carbocycles. The number of anilines is 1. The third kappa shape index (κ3) is 3.20. The Morgan fingerprint density at radius 3 is 2.55 bits per heavy atom. The highest BCUT2D eigenvalue weighted by atomic mass is 16.5. The third-order valence-electron chi connectivity index (χ3n) is 8.51. The first-order chi connectivity index (χ1) is 20.1. The minimum Gasteiger partial charge on any atom is -0.439 e. The first-order valence-electron chi connectivity index (χ1n) is 13.5. The van der Waals surface area contributed by atoms with Crippen molar-refractivity contribution >= 4 is 28.5 Å². The van der Waals surface area contributed by atoms with Crippen LogP contribution in [0.15, 0.2) is 87.4 Å². The van der Waals surface area contributed by atoms with Gasteiger partial charge in [0.05, 0.1) is 16.6 Å². The standard InChI is InChI=1S/C33H25N3O6/c1-17-15-32(2,3)36-26-21(17)13-19(40-29(37)18-9-5-4-6-10-18)14-22(26)33(31(36)39)23(16-34)28(35)42-27-20-11-7-8-12-24(20)41-30(38)25(27)33/h4-14,17H,15,35H2,1-3H3/t17-,33+/m0/s1. The number of nitrogens with zero attached hydrogens (tertiary/aromatic N) is 2. The summed E-state index contributed by atoms with van der Waals surface area (Å²) in [5.41, 5.74) is 4.74. The van der Waals surface area contributed by atoms with E-state index in [2.05, 4.69) is 6.07 Å². The van der Waals surface area contributed by atoms with E-state index in [0.717, 1.165) is 5.56 Å². The number of benzene rings is 3. The summed E-state index contributed by atoms with van der Waals surface area (Å²) < 4.78 is 17.5. The lowest BCUT2D eigenvalue weighted by Gasteiger charge is -2.44. The zero-order valence-corrected chi connectivity index (χ0v) is 23.1. The van der Waals surface area contributed by atoms with Crippen LogP contribution in [0.4, 0.5) is 5.69 Å². The van der Waals surface area contributed by atoms with Crippen LogP contribution < -0.4 is 25.7 Å². The molecule has 0 radical (unpaired) electrons. The second-order valence-corrected chi connectivity index (χ2v) is 11.5. The minimum atomic E-state index is -1.99. The van der Waals surface area contributed by atoms with Crippen molar-refractivity contribution in [2.75, 3.05) is 4.90 Å². The van der Waals surface area contributed by atoms with Crippen molar-refractivity contribution in [3.63, 3.8) is 0 Å². The van der Waals surface area contributed by atoms with Crippen molar-refractivity contribution in [3.05, 3.63) is 111 Å². The van der Waals surface area contributed by atoms with Gasteiger partial charge in [-0.25, -0.2) is 9.59 Å². The van der Waals surface area contributed by atoms with Gasteiger partial charge < -0.3 is 24.5 Å². The zero-order valence-electron chi connectivity index (χ0n) is 23.1. The first kappa shape index (κ1) is 25.6. The summed E-state index contributed by atoms with van der Waals surface area (Å²) in [6, 6.07) is 20.7. The van der Waals surface area contributed by atoms with Gasteiger partial charge >= 0.3 is 11.6 Å². The molecule has 0 unspecified atom stereocenters. The highest BCUT2D eigenvalue weighted by molar-refractivity contribution is 6.16. The summed E-state index contributed by atoms with van der Waals surface area (Å²) in [5.74, 6) is -1.23. The zero-order chi connectivity index (χ0) is 29.6. The number of fused-ring (bicyclic) bond motifs is 5. The third-order valence-corrected chi connectivity index (χ3v) is 8.51. The average Bonchev–Trinajstić information content (AvgIpc) is 3.21. The van der Waals surface area contributed by atoms with Gasteiger partial charge in [-0.2, -0.15) is 5.26 Å². The van der Waals surface area contributed by atoms with Crippen LogP contribution in [-0.4, -0.2) is 17.4 Å². The molecule has 0 saturated carbocycles. The van der Waals surface area contributed by atoms with E-state index >= 15 is 0 Å². The summed E-state index contributed by atoms with van der Waals surface area (Å²) in [5, 5.41) is 10.9. The highest BCUT2D eigenvalue weighted by Crippen LogP contribution is 2.61. The molecule has 2 N–H and O–H groups in total. The number of nitrogens with two attached hydrogens (primary N) is 1. The summed E-state index contributed by atoms with van der Waals surface area (Å²) in [6.45, 7) is 5.92. The molecule has 3 aliphatic heterocycles. The molecule has 0 fully saturated rings. The number of amides is 1. The van der Waals surface area contributed by atoms with Crippen LogP contribution in [0.3, 0.4) is 0 Å². The molecule has 4 aromatic rings. The van der Waals surface area contributed by atoms with Crippen LogP contribution in [0.2, 0.25) is 0 Å². The Kier molecular flexibility index (Phi) is 5.22. The lowest BCUT2D eigenvalue weighted by atomic mass is 9.68. The summed E-state index contributed by atoms with van der Waals surface area (Å²) in [4.78, 5) is 43.6. The molecule has 2 atom stereocenters. The van der Waals surface area contributed by atoms with Crippen molar-refractivity contribution in [2.24, 2.45) is 5.73 Å². The molecule has 9 heteroatoms. The van der Waals surface area contributed by atoms with Crippen LogP contribution in [0.5, 0.6) is 11.5 Å². The van der Waals surface area contributed by atoms with E-state index in [1.54, 1.807) is 71.6 Å². The van der Waals surface area contributed by atoms with Crippen LogP contribution in [0.25, 0.3) is 11.0 Å². The predicted molar refractivity (Wildman–Crippen MR) is 153 cm³/mol. The first-order valence-corrected chi connectivity index (χ1v) is 13.5. The lowest BCUT2D eigenvalue weighted by molar-refractivity contribution is -0.122. The van der Waals surface area contributed by atoms with Crippen LogP contribution >= 0.6 is 0 Å². The number of nitriles is 1. The molecule has 208 valence electrons. The predicted octanol–water partition coefficient (Wildman–Crippen LogP) is 5.02. The Balaban J connectivity index is 1.59. The Morgan fingerprint density at radius 2 is 1.81 bits per heavy atom. The smallest absolute Gasteiger partial charge is 0.345 e. The van der Waals surface area contributed by atoms with E-state index in [1.165, 1.54) is 0 Å². The van der Waals surface area contributed by atoms with E-state index in [9.17, 15) is 19.6 Å². The number of esters is 1. The number of hydrogen-bond acceptors (Lipinski definition) is 8. The van der Waals surface area contributed by atoms with Crippen LogP contribution in [-0.2, 0) is 10.2 Å². The summed E-state index contributed by atoms with van der Waals surface area (Å²) in [7, 11) is 0. The maximum Gasteiger partial charge on any atom is 0.345 e. The van der Waals surface area contributed by atoms with Gasteiger partial charge in [-0.05, 0) is 68.1 Å². The fourth-order valence-electron chi connectivity index (χ4n) is 6.90. The fraction of sp³-hybridized carbons (Fsp3) is 0.212. The molecule has 1 amide bonds. The molecule has 4 heterocycles. The molecule has 0 saturated heterocycles. The van der Waals surface area contributed by atoms with Gasteiger partial charge in [0.1, 0.15) is 28.5 Å². The van der Waals surface area contributed by atoms with Crippen molar-refractivity contribution in [2.45, 2.75) is 44.1 Å². The maximum atomic E-state index is 14.9. The maximum absolute atomic E-state index is 14.9. The second-order valence-electron chi connectivity index (χ2n) is 11.5. The number of hydrogen-bond donors (Lipinski definition) is 1. The van der Waals surface area contributed by atoms with E-state index < -0.39 is 28.5 Å². The highest BCUT2D eigenvalue weighted by Gasteiger charge is 2.65. The monoisotopic (exact) mass is 559 g/mol. The molecule has 0 bridgehead atoms. The van der Waals surface area contributed by atoms with Gasteiger partial charge in [0.25, 0.3) is 0 Å². The van der Waals surface area contributed by atoms with Crippen molar-refractivity contribution in [3.8, 4) is 17.6 Å². The average molecular weight is 560 g/mol. The lowest BCUT2D eigenvalue weighted by Crippen LogP contribution is -2.55. The number of ether oxygens (including phenoxy) is 2. The van der Waals surface area contributed by atoms with Crippen molar-refractivity contribution in [1.29, 1.82) is 5.26 Å². The topological polar surface area (TPSA) is 136 Å². The Morgan fingerprint density at radius 1 is 1.10 bits per heavy atom. The molecule has 1 aromatic heterocycles. The molecule has 9 nitrogen and oxygen atoms in total. The molecule has 1 spiro atoms. The van der Waals surface area contributed by atoms with Gasteiger partial charge in [-0.15, -0.1) is 0 Å². The molecular formula is C33H25N3O6. The van der Waals surface area contributed by atoms with Gasteiger partial charge in [-0.3, -0.25) is 4.79 Å². The van der Waals surface area contributed by atoms with Gasteiger partial charge in [-0.1, -0.05) is 37.3 Å². The van der Waals surface area contributed by atoms with E-state index in [4.69, 9.17) is 19.6 Å². The van der Waals surface area contributed by atoms with Crippen molar-refractivity contribution in [1.82, 2.24) is 0 Å². The van der Waals surface area contributed by atoms with E-state index in [1.807, 2.05) is 20.8 Å². The Labute approximate surface area is 240 Å². The largest absolute Gasteiger partial charge is 0.439 e. The SMILES string of the molecule is C[C@H]1CC(C)(C)N2C(=O)[C@@]3(C(C#N)=C(N)Oc4c3c(=O)oc3ccccc43)c3cc(OC(=O)c4ccccc4)cc1c32. The Hall–Kier alpha value is -5.36. The number of rotatable bonds is 2. The summed E-state index contributed by atoms with van der Waals surface area (Å²) in [6.07, 6.45) is 0.577. The fourth-order valence-corrected chi connectivity index (χ4v) is 6.90. The Bertz CT molecular complexity index is 2000. The van der Waals surface area contributed by atoms with Gasteiger partial charge in [0.2, 0.25) is 11.8 Å². The van der Waals surface area contributed by atoms with Crippen molar-refractivity contribution < 1.29 is 23.5 Å². The molecular weight excluding hydrogens is 534 g/mol. The number of carbonyl (C=O) groups is 2. The van der Waals surface area contributed by atoms with Crippen LogP contribution in [0.1, 0.15) is 60.2 Å². The number of para-hydroxylation sites is 1. The van der Waals surface area contributed by atoms with E-state index in [-0.39, 0.29) is 40.0 Å². The quantitative estimate of drug-likeness (QED) is 0.206.